The first-order valence-corrected chi connectivity index (χ1v) is 12.4. The Hall–Kier alpha value is -1.91. The van der Waals surface area contributed by atoms with Crippen LogP contribution >= 0.6 is 0 Å². The minimum absolute atomic E-state index is 0.0794. The Morgan fingerprint density at radius 2 is 1.73 bits per heavy atom. The van der Waals surface area contributed by atoms with Gasteiger partial charge in [0.25, 0.3) is 5.91 Å². The number of carbonyl (C=O) groups is 1. The summed E-state index contributed by atoms with van der Waals surface area (Å²) in [5, 5.41) is 4.75. The summed E-state index contributed by atoms with van der Waals surface area (Å²) in [4.78, 5) is 20.1. The molecule has 0 radical (unpaired) electrons. The van der Waals surface area contributed by atoms with E-state index in [-0.39, 0.29) is 5.91 Å². The van der Waals surface area contributed by atoms with Gasteiger partial charge in [-0.1, -0.05) is 64.7 Å². The maximum absolute atomic E-state index is 13.1. The highest BCUT2D eigenvalue weighted by molar-refractivity contribution is 5.93. The lowest BCUT2D eigenvalue weighted by Crippen LogP contribution is -2.32. The van der Waals surface area contributed by atoms with E-state index in [2.05, 4.69) is 13.0 Å². The third-order valence-corrected chi connectivity index (χ3v) is 6.93. The Bertz CT molecular complexity index is 829. The van der Waals surface area contributed by atoms with E-state index in [9.17, 15) is 4.79 Å². The summed E-state index contributed by atoms with van der Waals surface area (Å²) in [5.41, 5.74) is 3.83. The molecule has 0 spiro atoms. The van der Waals surface area contributed by atoms with Crippen LogP contribution in [-0.2, 0) is 12.8 Å². The zero-order chi connectivity index (χ0) is 20.8. The number of aryl methyl sites for hydroxylation is 1. The molecule has 2 aliphatic rings. The number of rotatable bonds is 7. The summed E-state index contributed by atoms with van der Waals surface area (Å²) in [6.45, 7) is 3.95. The molecule has 0 aromatic carbocycles. The van der Waals surface area contributed by atoms with Gasteiger partial charge in [0.15, 0.2) is 11.3 Å². The fourth-order valence-corrected chi connectivity index (χ4v) is 5.16. The molecule has 5 nitrogen and oxygen atoms in total. The molecule has 2 aromatic heterocycles. The van der Waals surface area contributed by atoms with Crippen LogP contribution in [0.4, 0.5) is 0 Å². The smallest absolute Gasteiger partial charge is 0.274 e. The van der Waals surface area contributed by atoms with Crippen LogP contribution in [0, 0.1) is 5.92 Å². The monoisotopic (exact) mass is 410 g/mol. The van der Waals surface area contributed by atoms with Crippen molar-refractivity contribution in [3.05, 3.63) is 29.2 Å². The van der Waals surface area contributed by atoms with E-state index in [1.54, 1.807) is 0 Å². The van der Waals surface area contributed by atoms with E-state index in [4.69, 9.17) is 10.1 Å². The molecule has 0 N–H and O–H groups in total. The van der Waals surface area contributed by atoms with Crippen LogP contribution in [0.5, 0.6) is 0 Å². The molecule has 0 unspecified atom stereocenters. The molecule has 1 saturated heterocycles. The van der Waals surface area contributed by atoms with Crippen molar-refractivity contribution < 1.29 is 4.79 Å². The SMILES string of the molecule is CCCCCc1cc(CC2CCCCC2)nc2cc(C(=O)N3CCCCCC3)nn12. The van der Waals surface area contributed by atoms with Crippen molar-refractivity contribution in [3.8, 4) is 0 Å². The number of aromatic nitrogens is 3. The molecule has 3 heterocycles. The van der Waals surface area contributed by atoms with Crippen LogP contribution in [0.1, 0.15) is 106 Å². The third-order valence-electron chi connectivity index (χ3n) is 6.93. The van der Waals surface area contributed by atoms with Crippen LogP contribution in [0.25, 0.3) is 5.65 Å². The van der Waals surface area contributed by atoms with E-state index in [0.29, 0.717) is 5.69 Å². The van der Waals surface area contributed by atoms with E-state index in [1.807, 2.05) is 15.5 Å². The number of likely N-dealkylation sites (tertiary alicyclic amines) is 1. The molecular formula is C25H38N4O. The minimum atomic E-state index is 0.0794. The van der Waals surface area contributed by atoms with Gasteiger partial charge in [-0.15, -0.1) is 0 Å². The van der Waals surface area contributed by atoms with Crippen molar-refractivity contribution >= 4 is 11.6 Å². The summed E-state index contributed by atoms with van der Waals surface area (Å²) in [7, 11) is 0. The Morgan fingerprint density at radius 1 is 1.00 bits per heavy atom. The number of nitrogens with zero attached hydrogens (tertiary/aromatic N) is 4. The predicted octanol–water partition coefficient (Wildman–Crippen LogP) is 5.60. The zero-order valence-electron chi connectivity index (χ0n) is 18.7. The van der Waals surface area contributed by atoms with Crippen molar-refractivity contribution in [1.29, 1.82) is 0 Å². The Morgan fingerprint density at radius 3 is 2.47 bits per heavy atom. The molecule has 2 fully saturated rings. The molecule has 1 amide bonds. The number of fused-ring (bicyclic) bond motifs is 1. The Kier molecular flexibility index (Phi) is 7.40. The third kappa shape index (κ3) is 5.22. The first-order chi connectivity index (χ1) is 14.7. The Labute approximate surface area is 181 Å². The lowest BCUT2D eigenvalue weighted by atomic mass is 9.86. The number of carbonyl (C=O) groups excluding carboxylic acids is 1. The van der Waals surface area contributed by atoms with Crippen molar-refractivity contribution in [2.24, 2.45) is 5.92 Å². The average Bonchev–Trinajstić information content (AvgIpc) is 3.00. The van der Waals surface area contributed by atoms with Crippen LogP contribution in [0.3, 0.4) is 0 Å². The van der Waals surface area contributed by atoms with E-state index < -0.39 is 0 Å². The van der Waals surface area contributed by atoms with Gasteiger partial charge in [-0.2, -0.15) is 5.10 Å². The molecular weight excluding hydrogens is 372 g/mol. The van der Waals surface area contributed by atoms with Gasteiger partial charge in [0, 0.05) is 30.5 Å². The van der Waals surface area contributed by atoms with Gasteiger partial charge < -0.3 is 4.90 Å². The van der Waals surface area contributed by atoms with Gasteiger partial charge in [0.2, 0.25) is 0 Å². The summed E-state index contributed by atoms with van der Waals surface area (Å²) in [5.74, 6) is 0.842. The quantitative estimate of drug-likeness (QED) is 0.558. The normalized spacial score (nSPS) is 18.6. The van der Waals surface area contributed by atoms with Crippen molar-refractivity contribution in [1.82, 2.24) is 19.5 Å². The maximum Gasteiger partial charge on any atom is 0.274 e. The first-order valence-electron chi connectivity index (χ1n) is 12.4. The molecule has 1 aliphatic carbocycles. The number of hydrogen-bond acceptors (Lipinski definition) is 3. The van der Waals surface area contributed by atoms with Gasteiger partial charge in [0.1, 0.15) is 0 Å². The number of unbranched alkanes of at least 4 members (excludes halogenated alkanes) is 2. The van der Waals surface area contributed by atoms with E-state index in [0.717, 1.165) is 56.8 Å². The topological polar surface area (TPSA) is 50.5 Å². The van der Waals surface area contributed by atoms with Crippen LogP contribution in [0.15, 0.2) is 12.1 Å². The molecule has 1 aliphatic heterocycles. The molecule has 1 saturated carbocycles. The van der Waals surface area contributed by atoms with E-state index in [1.165, 1.54) is 69.2 Å². The number of amides is 1. The largest absolute Gasteiger partial charge is 0.337 e. The molecule has 164 valence electrons. The highest BCUT2D eigenvalue weighted by Gasteiger charge is 2.22. The standard InChI is InChI=1S/C25H38N4O/c1-2-3-7-14-22-18-21(17-20-12-8-6-9-13-20)26-24-19-23(27-29(22)24)25(30)28-15-10-4-5-11-16-28/h18-20H,2-17H2,1H3. The second-order valence-corrected chi connectivity index (χ2v) is 9.41. The van der Waals surface area contributed by atoms with Gasteiger partial charge >= 0.3 is 0 Å². The average molecular weight is 411 g/mol. The van der Waals surface area contributed by atoms with Gasteiger partial charge in [-0.3, -0.25) is 4.79 Å². The summed E-state index contributed by atoms with van der Waals surface area (Å²) >= 11 is 0. The number of hydrogen-bond donors (Lipinski definition) is 0. The summed E-state index contributed by atoms with van der Waals surface area (Å²) in [6.07, 6.45) is 17.1. The van der Waals surface area contributed by atoms with E-state index >= 15 is 0 Å². The zero-order valence-corrected chi connectivity index (χ0v) is 18.7. The summed E-state index contributed by atoms with van der Waals surface area (Å²) < 4.78 is 1.95. The predicted molar refractivity (Wildman–Crippen MR) is 121 cm³/mol. The second-order valence-electron chi connectivity index (χ2n) is 9.41. The molecule has 0 atom stereocenters. The lowest BCUT2D eigenvalue weighted by molar-refractivity contribution is 0.0755. The fraction of sp³-hybridized carbons (Fsp3) is 0.720. The highest BCUT2D eigenvalue weighted by atomic mass is 16.2. The minimum Gasteiger partial charge on any atom is -0.337 e. The van der Waals surface area contributed by atoms with Gasteiger partial charge in [0.05, 0.1) is 0 Å². The maximum atomic E-state index is 13.1. The molecule has 4 rings (SSSR count). The molecule has 0 bridgehead atoms. The highest BCUT2D eigenvalue weighted by Crippen LogP contribution is 2.27. The van der Waals surface area contributed by atoms with Gasteiger partial charge in [-0.25, -0.2) is 9.50 Å². The second kappa shape index (κ2) is 10.4. The Balaban J connectivity index is 1.59. The van der Waals surface area contributed by atoms with Crippen LogP contribution in [0.2, 0.25) is 0 Å². The van der Waals surface area contributed by atoms with Crippen molar-refractivity contribution in [3.63, 3.8) is 0 Å². The molecule has 2 aromatic rings. The first kappa shape index (κ1) is 21.3. The fourth-order valence-electron chi connectivity index (χ4n) is 5.16. The lowest BCUT2D eigenvalue weighted by Gasteiger charge is -2.21. The van der Waals surface area contributed by atoms with Crippen molar-refractivity contribution in [2.45, 2.75) is 96.8 Å². The van der Waals surface area contributed by atoms with Crippen LogP contribution < -0.4 is 0 Å². The van der Waals surface area contributed by atoms with Crippen LogP contribution in [-0.4, -0.2) is 38.5 Å². The van der Waals surface area contributed by atoms with Gasteiger partial charge in [-0.05, 0) is 44.1 Å². The summed E-state index contributed by atoms with van der Waals surface area (Å²) in [6, 6.07) is 4.20. The van der Waals surface area contributed by atoms with Crippen molar-refractivity contribution in [2.75, 3.05) is 13.1 Å². The molecule has 30 heavy (non-hydrogen) atoms. The molecule has 5 heteroatoms.